The minimum absolute atomic E-state index is 0.0901. The van der Waals surface area contributed by atoms with E-state index in [1.165, 1.54) is 57.8 Å². The molecule has 0 radical (unpaired) electrons. The lowest BCUT2D eigenvalue weighted by Crippen LogP contribution is -2.62. The summed E-state index contributed by atoms with van der Waals surface area (Å²) in [4.78, 5) is 0. The second-order valence-corrected chi connectivity index (χ2v) is 14.4. The first-order chi connectivity index (χ1) is 13.9. The van der Waals surface area contributed by atoms with Gasteiger partial charge in [0.15, 0.2) is 0 Å². The van der Waals surface area contributed by atoms with Crippen LogP contribution in [0.3, 0.4) is 0 Å². The van der Waals surface area contributed by atoms with Gasteiger partial charge in [0.1, 0.15) is 0 Å². The Balaban J connectivity index is 1.55. The van der Waals surface area contributed by atoms with Crippen molar-refractivity contribution < 1.29 is 5.11 Å². The van der Waals surface area contributed by atoms with Gasteiger partial charge >= 0.3 is 0 Å². The second kappa shape index (κ2) is 6.39. The van der Waals surface area contributed by atoms with Crippen LogP contribution >= 0.6 is 0 Å². The van der Waals surface area contributed by atoms with Crippen molar-refractivity contribution in [3.05, 3.63) is 11.6 Å². The quantitative estimate of drug-likeness (QED) is 0.403. The molecular formula is C29H48O. The van der Waals surface area contributed by atoms with Crippen LogP contribution in [0.4, 0.5) is 0 Å². The van der Waals surface area contributed by atoms with E-state index in [4.69, 9.17) is 0 Å². The van der Waals surface area contributed by atoms with Crippen LogP contribution < -0.4 is 0 Å². The van der Waals surface area contributed by atoms with E-state index in [2.05, 4.69) is 54.5 Å². The zero-order valence-electron chi connectivity index (χ0n) is 21.0. The summed E-state index contributed by atoms with van der Waals surface area (Å²) in [5.41, 5.74) is 4.10. The Labute approximate surface area is 186 Å². The van der Waals surface area contributed by atoms with Crippen LogP contribution in [0.25, 0.3) is 0 Å². The lowest BCUT2D eigenvalue weighted by molar-refractivity contribution is -0.182. The highest BCUT2D eigenvalue weighted by Gasteiger charge is 2.66. The van der Waals surface area contributed by atoms with Crippen molar-refractivity contribution in [3.63, 3.8) is 0 Å². The van der Waals surface area contributed by atoms with E-state index in [0.717, 1.165) is 18.3 Å². The Kier molecular flexibility index (Phi) is 4.59. The van der Waals surface area contributed by atoms with Gasteiger partial charge in [0.2, 0.25) is 0 Å². The van der Waals surface area contributed by atoms with Gasteiger partial charge in [-0.3, -0.25) is 0 Å². The molecule has 0 aromatic carbocycles. The average molecular weight is 413 g/mol. The molecule has 0 aromatic rings. The zero-order chi connectivity index (χ0) is 21.7. The molecule has 30 heavy (non-hydrogen) atoms. The third kappa shape index (κ3) is 2.63. The maximum Gasteiger partial charge on any atom is 0.0571 e. The number of allylic oxidation sites excluding steroid dienone is 2. The van der Waals surface area contributed by atoms with Gasteiger partial charge in [-0.25, -0.2) is 0 Å². The van der Waals surface area contributed by atoms with E-state index in [9.17, 15) is 5.11 Å². The number of fused-ring (bicyclic) bond motifs is 7. The first kappa shape index (κ1) is 21.5. The second-order valence-electron chi connectivity index (χ2n) is 14.4. The minimum Gasteiger partial charge on any atom is -0.393 e. The molecule has 0 aromatic heterocycles. The van der Waals surface area contributed by atoms with Crippen molar-refractivity contribution in [2.45, 2.75) is 119 Å². The van der Waals surface area contributed by atoms with E-state index in [-0.39, 0.29) is 6.10 Å². The Bertz CT molecular complexity index is 749. The van der Waals surface area contributed by atoms with Gasteiger partial charge in [-0.2, -0.15) is 0 Å². The number of aliphatic hydroxyl groups is 1. The Morgan fingerprint density at radius 3 is 2.23 bits per heavy atom. The van der Waals surface area contributed by atoms with Gasteiger partial charge in [0.25, 0.3) is 0 Å². The zero-order valence-corrected chi connectivity index (χ0v) is 21.0. The van der Waals surface area contributed by atoms with Gasteiger partial charge in [0, 0.05) is 0 Å². The maximum atomic E-state index is 10.6. The molecule has 5 aliphatic rings. The molecule has 9 unspecified atom stereocenters. The number of aliphatic hydroxyl groups excluding tert-OH is 1. The molecule has 1 N–H and O–H groups in total. The fourth-order valence-electron chi connectivity index (χ4n) is 9.96. The summed E-state index contributed by atoms with van der Waals surface area (Å²) < 4.78 is 0. The van der Waals surface area contributed by atoms with Crippen molar-refractivity contribution >= 4 is 0 Å². The van der Waals surface area contributed by atoms with E-state index >= 15 is 0 Å². The number of hydrogen-bond acceptors (Lipinski definition) is 1. The van der Waals surface area contributed by atoms with Crippen molar-refractivity contribution in [2.24, 2.45) is 50.7 Å². The molecule has 0 saturated heterocycles. The first-order valence-corrected chi connectivity index (χ1v) is 13.2. The van der Waals surface area contributed by atoms with Gasteiger partial charge in [-0.05, 0) is 115 Å². The predicted molar refractivity (Wildman–Crippen MR) is 126 cm³/mol. The molecule has 0 spiro atoms. The molecule has 1 heteroatoms. The Morgan fingerprint density at radius 1 is 0.800 bits per heavy atom. The smallest absolute Gasteiger partial charge is 0.0571 e. The molecule has 4 fully saturated rings. The van der Waals surface area contributed by atoms with Crippen LogP contribution in [0.2, 0.25) is 0 Å². The third-order valence-electron chi connectivity index (χ3n) is 12.7. The van der Waals surface area contributed by atoms with Crippen LogP contribution in [-0.2, 0) is 0 Å². The average Bonchev–Trinajstić information content (AvgIpc) is 2.68. The van der Waals surface area contributed by atoms with Crippen LogP contribution in [0, 0.1) is 50.7 Å². The third-order valence-corrected chi connectivity index (χ3v) is 12.7. The highest BCUT2D eigenvalue weighted by molar-refractivity contribution is 5.30. The Morgan fingerprint density at radius 2 is 1.50 bits per heavy atom. The largest absolute Gasteiger partial charge is 0.393 e. The molecule has 0 aliphatic heterocycles. The minimum atomic E-state index is -0.0901. The molecule has 1 nitrogen and oxygen atoms in total. The fourth-order valence-corrected chi connectivity index (χ4v) is 9.96. The maximum absolute atomic E-state index is 10.6. The number of hydrogen-bond donors (Lipinski definition) is 1. The normalized spacial score (nSPS) is 57.3. The van der Waals surface area contributed by atoms with Crippen molar-refractivity contribution in [1.29, 1.82) is 0 Å². The van der Waals surface area contributed by atoms with Gasteiger partial charge in [-0.1, -0.05) is 60.1 Å². The van der Waals surface area contributed by atoms with Crippen molar-refractivity contribution in [2.75, 3.05) is 0 Å². The van der Waals surface area contributed by atoms with Crippen LogP contribution in [0.1, 0.15) is 113 Å². The van der Waals surface area contributed by atoms with E-state index < -0.39 is 0 Å². The molecule has 0 bridgehead atoms. The van der Waals surface area contributed by atoms with E-state index in [0.29, 0.717) is 38.9 Å². The molecule has 5 rings (SSSR count). The molecule has 5 aliphatic carbocycles. The van der Waals surface area contributed by atoms with Crippen molar-refractivity contribution in [1.82, 2.24) is 0 Å². The summed E-state index contributed by atoms with van der Waals surface area (Å²) in [6.07, 6.45) is 16.0. The van der Waals surface area contributed by atoms with Crippen LogP contribution in [-0.4, -0.2) is 11.2 Å². The van der Waals surface area contributed by atoms with Crippen LogP contribution in [0.15, 0.2) is 11.6 Å². The highest BCUT2D eigenvalue weighted by Crippen LogP contribution is 2.74. The van der Waals surface area contributed by atoms with Gasteiger partial charge < -0.3 is 5.11 Å². The molecule has 4 saturated carbocycles. The summed E-state index contributed by atoms with van der Waals surface area (Å²) in [6.45, 7) is 18.0. The SMILES string of the molecule is CC1C(O)CCC2C3=CCC4(C)C5CC(C)(C)CCC5(C)CCC4(C)C3CCC21C. The molecular weight excluding hydrogens is 364 g/mol. The Hall–Kier alpha value is -0.300. The van der Waals surface area contributed by atoms with Crippen LogP contribution in [0.5, 0.6) is 0 Å². The summed E-state index contributed by atoms with van der Waals surface area (Å²) in [7, 11) is 0. The predicted octanol–water partition coefficient (Wildman–Crippen LogP) is 7.78. The molecule has 9 atom stereocenters. The van der Waals surface area contributed by atoms with Gasteiger partial charge in [-0.15, -0.1) is 0 Å². The summed E-state index contributed by atoms with van der Waals surface area (Å²) >= 11 is 0. The molecule has 0 heterocycles. The molecule has 0 amide bonds. The summed E-state index contributed by atoms with van der Waals surface area (Å²) in [5.74, 6) is 2.80. The van der Waals surface area contributed by atoms with Gasteiger partial charge in [0.05, 0.1) is 6.10 Å². The lowest BCUT2D eigenvalue weighted by Gasteiger charge is -2.70. The first-order valence-electron chi connectivity index (χ1n) is 13.2. The monoisotopic (exact) mass is 412 g/mol. The number of rotatable bonds is 0. The van der Waals surface area contributed by atoms with E-state index in [1.54, 1.807) is 0 Å². The van der Waals surface area contributed by atoms with E-state index in [1.807, 2.05) is 5.57 Å². The summed E-state index contributed by atoms with van der Waals surface area (Å²) in [5, 5.41) is 10.6. The van der Waals surface area contributed by atoms with Crippen molar-refractivity contribution in [3.8, 4) is 0 Å². The standard InChI is InChI=1S/C29H48O/c1-19-23(30)9-8-21-20-10-13-29(7)24-18-25(2,3)14-15-26(24,4)16-17-28(29,6)22(20)11-12-27(19,21)5/h10,19,21-24,30H,8-9,11-18H2,1-7H3. The fraction of sp³-hybridized carbons (Fsp3) is 0.931. The lowest BCUT2D eigenvalue weighted by atomic mass is 9.34. The molecule has 170 valence electrons. The highest BCUT2D eigenvalue weighted by atomic mass is 16.3. The summed E-state index contributed by atoms with van der Waals surface area (Å²) in [6, 6.07) is 0. The topological polar surface area (TPSA) is 20.2 Å².